The Morgan fingerprint density at radius 2 is 2.50 bits per heavy atom. The zero-order valence-electron chi connectivity index (χ0n) is 6.52. The van der Waals surface area contributed by atoms with E-state index in [0.29, 0.717) is 0 Å². The summed E-state index contributed by atoms with van der Waals surface area (Å²) >= 11 is 0. The first-order valence-electron chi connectivity index (χ1n) is 3.26. The number of carbonyl (C=O) groups excluding carboxylic acids is 1. The molecule has 3 N–H and O–H groups in total. The Morgan fingerprint density at radius 1 is 1.92 bits per heavy atom. The predicted molar refractivity (Wildman–Crippen MR) is 36.1 cm³/mol. The van der Waals surface area contributed by atoms with Gasteiger partial charge in [0.25, 0.3) is 0 Å². The fraction of sp³-hybridized carbons (Fsp3) is 0.800. The number of aliphatic hydroxyl groups excluding tert-OH is 1. The summed E-state index contributed by atoms with van der Waals surface area (Å²) in [4.78, 5) is 12.6. The second kappa shape index (κ2) is 5.22. The summed E-state index contributed by atoms with van der Waals surface area (Å²) in [5.74, 6) is 0. The minimum atomic E-state index is -1.45. The molecule has 7 nitrogen and oxygen atoms in total. The molecule has 68 valence electrons. The molecule has 0 aliphatic rings. The fourth-order valence-corrected chi connectivity index (χ4v) is 0.565. The lowest BCUT2D eigenvalue weighted by molar-refractivity contribution is -0.252. The van der Waals surface area contributed by atoms with Gasteiger partial charge in [-0.05, 0) is 6.92 Å². The van der Waals surface area contributed by atoms with Gasteiger partial charge in [-0.3, -0.25) is 0 Å². The summed E-state index contributed by atoms with van der Waals surface area (Å²) in [6.45, 7) is 1.35. The summed E-state index contributed by atoms with van der Waals surface area (Å²) in [5.41, 5.74) is 6.28. The third kappa shape index (κ3) is 4.37. The van der Waals surface area contributed by atoms with Crippen molar-refractivity contribution in [3.8, 4) is 0 Å². The van der Waals surface area contributed by atoms with Gasteiger partial charge < -0.3 is 20.3 Å². The van der Waals surface area contributed by atoms with Crippen LogP contribution >= 0.6 is 0 Å². The molecule has 0 aromatic carbocycles. The van der Waals surface area contributed by atoms with Crippen LogP contribution in [0.2, 0.25) is 0 Å². The fourth-order valence-electron chi connectivity index (χ4n) is 0.565. The molecular formula is C5H10N4O3. The first-order chi connectivity index (χ1) is 5.57. The first kappa shape index (κ1) is 10.5. The molecule has 0 fully saturated rings. The highest BCUT2D eigenvalue weighted by molar-refractivity contribution is 5.62. The number of aliphatic hydroxyl groups is 1. The van der Waals surface area contributed by atoms with Gasteiger partial charge in [0.1, 0.15) is 22.8 Å². The quantitative estimate of drug-likeness (QED) is 0.344. The van der Waals surface area contributed by atoms with E-state index in [1.807, 2.05) is 5.32 Å². The molecule has 0 saturated heterocycles. The van der Waals surface area contributed by atoms with Crippen molar-refractivity contribution in [3.05, 3.63) is 0 Å². The molecule has 2 atom stereocenters. The molecule has 0 aliphatic carbocycles. The van der Waals surface area contributed by atoms with Gasteiger partial charge in [-0.2, -0.15) is 0 Å². The maximum absolute atomic E-state index is 9.96. The van der Waals surface area contributed by atoms with E-state index in [-0.39, 0.29) is 6.54 Å². The van der Waals surface area contributed by atoms with Crippen molar-refractivity contribution < 1.29 is 15.0 Å². The van der Waals surface area contributed by atoms with Crippen molar-refractivity contribution in [2.75, 3.05) is 6.54 Å². The lowest BCUT2D eigenvalue weighted by Gasteiger charge is -2.18. The highest BCUT2D eigenvalue weighted by atomic mass is 16.4. The van der Waals surface area contributed by atoms with Gasteiger partial charge in [-0.25, -0.2) is 0 Å². The molecule has 2 unspecified atom stereocenters. The van der Waals surface area contributed by atoms with E-state index >= 15 is 0 Å². The van der Waals surface area contributed by atoms with Crippen LogP contribution in [0.3, 0.4) is 0 Å². The summed E-state index contributed by atoms with van der Waals surface area (Å²) in [6, 6.07) is -0.680. The van der Waals surface area contributed by atoms with Gasteiger partial charge in [0.05, 0.1) is 6.04 Å². The van der Waals surface area contributed by atoms with Crippen molar-refractivity contribution in [1.29, 1.82) is 5.53 Å². The Kier molecular flexibility index (Phi) is 4.59. The van der Waals surface area contributed by atoms with Crippen molar-refractivity contribution in [3.63, 3.8) is 0 Å². The van der Waals surface area contributed by atoms with Crippen molar-refractivity contribution in [2.24, 2.45) is 5.11 Å². The number of amides is 1. The number of carbonyl (C=O) groups is 1. The van der Waals surface area contributed by atoms with E-state index in [1.54, 1.807) is 0 Å². The molecule has 0 saturated carbocycles. The van der Waals surface area contributed by atoms with E-state index in [4.69, 9.17) is 10.6 Å². The SMILES string of the molecule is CC(NC(=O)[O-])C(O)CN=[N+]=N. The number of hydrogen-bond donors (Lipinski definition) is 3. The molecule has 12 heavy (non-hydrogen) atoms. The van der Waals surface area contributed by atoms with Crippen LogP contribution in [-0.2, 0) is 0 Å². The van der Waals surface area contributed by atoms with Gasteiger partial charge in [-0.1, -0.05) is 0 Å². The average Bonchev–Trinajstić information content (AvgIpc) is 1.98. The summed E-state index contributed by atoms with van der Waals surface area (Å²) in [5, 5.41) is 24.2. The third-order valence-corrected chi connectivity index (χ3v) is 1.26. The van der Waals surface area contributed by atoms with E-state index < -0.39 is 18.2 Å². The molecule has 7 heteroatoms. The van der Waals surface area contributed by atoms with E-state index in [9.17, 15) is 9.90 Å². The first-order valence-corrected chi connectivity index (χ1v) is 3.26. The van der Waals surface area contributed by atoms with Gasteiger partial charge in [0.15, 0.2) is 6.54 Å². The van der Waals surface area contributed by atoms with Crippen LogP contribution in [0, 0.1) is 5.53 Å². The van der Waals surface area contributed by atoms with Gasteiger partial charge in [0, 0.05) is 0 Å². The van der Waals surface area contributed by atoms with Crippen molar-refractivity contribution in [2.45, 2.75) is 19.1 Å². The average molecular weight is 174 g/mol. The second-order valence-electron chi connectivity index (χ2n) is 2.21. The van der Waals surface area contributed by atoms with Crippen LogP contribution in [0.4, 0.5) is 4.79 Å². The number of rotatable bonds is 4. The molecular weight excluding hydrogens is 164 g/mol. The Labute approximate surface area is 68.6 Å². The van der Waals surface area contributed by atoms with Crippen LogP contribution < -0.4 is 15.3 Å². The van der Waals surface area contributed by atoms with Crippen molar-refractivity contribution in [1.82, 2.24) is 10.2 Å². The maximum atomic E-state index is 9.96. The summed E-state index contributed by atoms with van der Waals surface area (Å²) in [7, 11) is 0. The lowest BCUT2D eigenvalue weighted by Crippen LogP contribution is -2.48. The normalized spacial score (nSPS) is 14.2. The Hall–Kier alpha value is -1.46. The second-order valence-corrected chi connectivity index (χ2v) is 2.21. The van der Waals surface area contributed by atoms with Gasteiger partial charge in [-0.15, -0.1) is 0 Å². The smallest absolute Gasteiger partial charge is 0.214 e. The molecule has 0 bridgehead atoms. The summed E-state index contributed by atoms with van der Waals surface area (Å²) in [6.07, 6.45) is -2.44. The van der Waals surface area contributed by atoms with Crippen LogP contribution in [-0.4, -0.2) is 29.9 Å². The lowest BCUT2D eigenvalue weighted by atomic mass is 10.2. The number of nitrogens with zero attached hydrogens (tertiary/aromatic N) is 2. The number of hydrogen-bond acceptors (Lipinski definition) is 5. The minimum Gasteiger partial charge on any atom is -0.530 e. The van der Waals surface area contributed by atoms with Crippen LogP contribution in [0.15, 0.2) is 5.11 Å². The van der Waals surface area contributed by atoms with Crippen molar-refractivity contribution >= 4 is 6.09 Å². The topological polar surface area (TPSA) is 123 Å². The molecule has 0 radical (unpaired) electrons. The molecule has 0 aromatic rings. The van der Waals surface area contributed by atoms with E-state index in [0.717, 1.165) is 0 Å². The van der Waals surface area contributed by atoms with Crippen LogP contribution in [0.1, 0.15) is 6.92 Å². The third-order valence-electron chi connectivity index (χ3n) is 1.26. The van der Waals surface area contributed by atoms with Gasteiger partial charge >= 0.3 is 0 Å². The number of carboxylic acid groups (broad SMARTS) is 1. The van der Waals surface area contributed by atoms with Crippen LogP contribution in [0.5, 0.6) is 0 Å². The zero-order valence-corrected chi connectivity index (χ0v) is 6.52. The zero-order chi connectivity index (χ0) is 9.56. The van der Waals surface area contributed by atoms with Gasteiger partial charge in [0.2, 0.25) is 4.91 Å². The summed E-state index contributed by atoms with van der Waals surface area (Å²) < 4.78 is 0. The Morgan fingerprint density at radius 3 is 2.92 bits per heavy atom. The maximum Gasteiger partial charge on any atom is 0.214 e. The van der Waals surface area contributed by atoms with E-state index in [1.165, 1.54) is 6.92 Å². The molecule has 1 amide bonds. The molecule has 0 aromatic heterocycles. The highest BCUT2D eigenvalue weighted by Crippen LogP contribution is 1.91. The minimum absolute atomic E-state index is 0.106. The predicted octanol–water partition coefficient (Wildman–Crippen LogP) is -1.78. The Bertz CT molecular complexity index is 193. The molecule has 0 rings (SSSR count). The molecule has 0 spiro atoms. The monoisotopic (exact) mass is 174 g/mol. The number of nitrogens with one attached hydrogen (secondary N) is 2. The Balaban J connectivity index is 3.83. The standard InChI is InChI=1S/C5H10N4O3/c1-3(8-5(11)12)4(10)2-7-9-6/h3-4,6,8,10H,2H2,1H3. The largest absolute Gasteiger partial charge is 0.530 e. The highest BCUT2D eigenvalue weighted by Gasteiger charge is 2.14. The van der Waals surface area contributed by atoms with E-state index in [2.05, 4.69) is 10.0 Å². The molecule has 0 heterocycles. The molecule has 0 aliphatic heterocycles. The van der Waals surface area contributed by atoms with Crippen LogP contribution in [0.25, 0.3) is 0 Å².